The Hall–Kier alpha value is -3.93. The maximum Gasteiger partial charge on any atom is 0.413 e. The SMILES string of the molecule is COC(C)(C)c1nnc2n1C[C@H](c1cccc(F)c1F)CC[C@H]2CC(=O)N1CCC2(CC1)OC(=O)Nc1ncccc12. The summed E-state index contributed by atoms with van der Waals surface area (Å²) in [6.07, 6.45) is 3.28. The van der Waals surface area contributed by atoms with E-state index in [0.717, 1.165) is 11.6 Å². The summed E-state index contributed by atoms with van der Waals surface area (Å²) in [5, 5.41) is 11.6. The van der Waals surface area contributed by atoms with Crippen molar-refractivity contribution in [3.8, 4) is 0 Å². The molecule has 1 fully saturated rings. The first-order valence-corrected chi connectivity index (χ1v) is 14.3. The van der Waals surface area contributed by atoms with Crippen LogP contribution in [0.4, 0.5) is 19.4 Å². The number of ether oxygens (including phenoxy) is 2. The fraction of sp³-hybridized carbons (Fsp3) is 0.500. The van der Waals surface area contributed by atoms with E-state index in [0.29, 0.717) is 68.3 Å². The smallest absolute Gasteiger partial charge is 0.413 e. The topological polar surface area (TPSA) is 111 Å². The van der Waals surface area contributed by atoms with Crippen LogP contribution in [-0.2, 0) is 32.0 Å². The molecule has 6 rings (SSSR count). The number of pyridine rings is 1. The lowest BCUT2D eigenvalue weighted by atomic mass is 9.83. The van der Waals surface area contributed by atoms with Gasteiger partial charge in [0.25, 0.3) is 0 Å². The van der Waals surface area contributed by atoms with Crippen molar-refractivity contribution in [2.75, 3.05) is 25.5 Å². The van der Waals surface area contributed by atoms with Crippen molar-refractivity contribution < 1.29 is 27.8 Å². The molecule has 0 bridgehead atoms. The quantitative estimate of drug-likeness (QED) is 0.454. The summed E-state index contributed by atoms with van der Waals surface area (Å²) in [5.74, 6) is -0.679. The highest BCUT2D eigenvalue weighted by Gasteiger charge is 2.46. The first-order chi connectivity index (χ1) is 20.1. The van der Waals surface area contributed by atoms with Crippen molar-refractivity contribution >= 4 is 17.8 Å². The molecule has 3 aliphatic rings. The molecule has 1 spiro atoms. The van der Waals surface area contributed by atoms with Crippen LogP contribution in [0.3, 0.4) is 0 Å². The van der Waals surface area contributed by atoms with Crippen LogP contribution in [0.5, 0.6) is 0 Å². The summed E-state index contributed by atoms with van der Waals surface area (Å²) < 4.78 is 42.5. The lowest BCUT2D eigenvalue weighted by Crippen LogP contribution is -2.50. The van der Waals surface area contributed by atoms with Gasteiger partial charge in [-0.2, -0.15) is 0 Å². The van der Waals surface area contributed by atoms with Gasteiger partial charge in [-0.05, 0) is 50.5 Å². The Bertz CT molecular complexity index is 1520. The zero-order valence-corrected chi connectivity index (χ0v) is 23.9. The largest absolute Gasteiger partial charge is 0.437 e. The molecule has 1 aromatic carbocycles. The summed E-state index contributed by atoms with van der Waals surface area (Å²) in [6, 6.07) is 7.95. The van der Waals surface area contributed by atoms with Gasteiger partial charge in [-0.3, -0.25) is 10.1 Å². The molecular weight excluding hydrogens is 546 g/mol. The van der Waals surface area contributed by atoms with Gasteiger partial charge in [-0.25, -0.2) is 18.6 Å². The van der Waals surface area contributed by atoms with E-state index >= 15 is 0 Å². The monoisotopic (exact) mass is 580 g/mol. The minimum atomic E-state index is -0.884. The number of hydrogen-bond donors (Lipinski definition) is 1. The minimum Gasteiger partial charge on any atom is -0.437 e. The molecule has 0 unspecified atom stereocenters. The van der Waals surface area contributed by atoms with Gasteiger partial charge in [-0.15, -0.1) is 10.2 Å². The summed E-state index contributed by atoms with van der Waals surface area (Å²) in [6.45, 7) is 4.92. The Morgan fingerprint density at radius 3 is 2.71 bits per heavy atom. The van der Waals surface area contributed by atoms with Crippen LogP contribution in [0, 0.1) is 11.6 Å². The number of carbonyl (C=O) groups is 2. The number of aromatic nitrogens is 4. The summed E-state index contributed by atoms with van der Waals surface area (Å²) in [7, 11) is 1.58. The summed E-state index contributed by atoms with van der Waals surface area (Å²) >= 11 is 0. The molecule has 12 heteroatoms. The van der Waals surface area contributed by atoms with Gasteiger partial charge in [0, 0.05) is 69.6 Å². The van der Waals surface area contributed by atoms with Gasteiger partial charge >= 0.3 is 6.09 Å². The molecule has 1 N–H and O–H groups in total. The number of nitrogens with zero attached hydrogens (tertiary/aromatic N) is 5. The van der Waals surface area contributed by atoms with Crippen LogP contribution in [0.15, 0.2) is 36.5 Å². The highest BCUT2D eigenvalue weighted by atomic mass is 19.2. The third kappa shape index (κ3) is 4.91. The number of likely N-dealkylation sites (tertiary alicyclic amines) is 1. The van der Waals surface area contributed by atoms with Crippen LogP contribution >= 0.6 is 0 Å². The van der Waals surface area contributed by atoms with Crippen molar-refractivity contribution in [1.29, 1.82) is 0 Å². The van der Waals surface area contributed by atoms with Crippen molar-refractivity contribution in [2.24, 2.45) is 0 Å². The lowest BCUT2D eigenvalue weighted by Gasteiger charge is -2.43. The standard InChI is InChI=1S/C30H34F2N6O4/c1-29(2,41-3)27-36-35-26-18(9-10-19(17-38(26)27)20-6-4-8-22(31)24(20)32)16-23(39)37-14-11-30(12-15-37)21-7-5-13-33-25(21)34-28(40)42-30/h4-8,13,18-19H,9-12,14-17H2,1-3H3,(H,33,34,40)/t18-,19+/m0/s1. The maximum absolute atomic E-state index is 14.9. The number of anilines is 1. The van der Waals surface area contributed by atoms with E-state index in [4.69, 9.17) is 9.47 Å². The van der Waals surface area contributed by atoms with Gasteiger partial charge in [0.05, 0.1) is 0 Å². The minimum absolute atomic E-state index is 0.0426. The predicted octanol–water partition coefficient (Wildman–Crippen LogP) is 4.96. The predicted molar refractivity (Wildman–Crippen MR) is 148 cm³/mol. The van der Waals surface area contributed by atoms with Crippen molar-refractivity contribution in [3.63, 3.8) is 0 Å². The second-order valence-electron chi connectivity index (χ2n) is 11.8. The highest BCUT2D eigenvalue weighted by molar-refractivity contribution is 5.87. The molecule has 2 aromatic heterocycles. The summed E-state index contributed by atoms with van der Waals surface area (Å²) in [4.78, 5) is 32.0. The van der Waals surface area contributed by atoms with Gasteiger partial charge in [0.2, 0.25) is 5.91 Å². The van der Waals surface area contributed by atoms with Gasteiger partial charge in [0.15, 0.2) is 17.5 Å². The first kappa shape index (κ1) is 28.2. The molecule has 3 aliphatic heterocycles. The van der Waals surface area contributed by atoms with Gasteiger partial charge in [0.1, 0.15) is 22.8 Å². The molecule has 10 nitrogen and oxygen atoms in total. The lowest BCUT2D eigenvalue weighted by molar-refractivity contribution is -0.136. The average Bonchev–Trinajstić information content (AvgIpc) is 3.32. The molecule has 2 atom stereocenters. The number of fused-ring (bicyclic) bond motifs is 3. The number of halogens is 2. The average molecular weight is 581 g/mol. The molecule has 0 radical (unpaired) electrons. The summed E-state index contributed by atoms with van der Waals surface area (Å²) in [5.41, 5.74) is -0.491. The molecule has 5 heterocycles. The molecule has 42 heavy (non-hydrogen) atoms. The number of amides is 2. The van der Waals surface area contributed by atoms with Crippen molar-refractivity contribution in [1.82, 2.24) is 24.6 Å². The van der Waals surface area contributed by atoms with Crippen molar-refractivity contribution in [3.05, 3.63) is 70.9 Å². The van der Waals surface area contributed by atoms with E-state index in [2.05, 4.69) is 20.5 Å². The molecule has 0 aliphatic carbocycles. The second kappa shape index (κ2) is 10.7. The third-order valence-electron chi connectivity index (χ3n) is 9.03. The Kier molecular flexibility index (Phi) is 7.20. The molecule has 222 valence electrons. The van der Waals surface area contributed by atoms with Crippen molar-refractivity contribution in [2.45, 2.75) is 75.5 Å². The Morgan fingerprint density at radius 1 is 1.17 bits per heavy atom. The molecular formula is C30H34F2N6O4. The number of piperidine rings is 1. The van der Waals surface area contributed by atoms with E-state index < -0.39 is 28.9 Å². The van der Waals surface area contributed by atoms with Crippen LogP contribution in [0.25, 0.3) is 0 Å². The fourth-order valence-corrected chi connectivity index (χ4v) is 6.52. The van der Waals surface area contributed by atoms with Crippen LogP contribution < -0.4 is 5.32 Å². The van der Waals surface area contributed by atoms with Gasteiger partial charge in [-0.1, -0.05) is 12.1 Å². The number of benzene rings is 1. The number of methoxy groups -OCH3 is 1. The molecule has 1 saturated heterocycles. The third-order valence-corrected chi connectivity index (χ3v) is 9.03. The molecule has 0 saturated carbocycles. The number of carbonyl (C=O) groups excluding carboxylic acids is 2. The second-order valence-corrected chi connectivity index (χ2v) is 11.8. The van der Waals surface area contributed by atoms with E-state index in [1.54, 1.807) is 24.3 Å². The molecule has 2 amide bonds. The van der Waals surface area contributed by atoms with E-state index in [1.807, 2.05) is 30.5 Å². The van der Waals surface area contributed by atoms with E-state index in [1.165, 1.54) is 6.07 Å². The Balaban J connectivity index is 1.23. The molecule has 3 aromatic rings. The van der Waals surface area contributed by atoms with Gasteiger partial charge < -0.3 is 18.9 Å². The van der Waals surface area contributed by atoms with Crippen LogP contribution in [0.2, 0.25) is 0 Å². The van der Waals surface area contributed by atoms with E-state index in [9.17, 15) is 18.4 Å². The number of rotatable bonds is 5. The van der Waals surface area contributed by atoms with Crippen LogP contribution in [0.1, 0.15) is 80.6 Å². The van der Waals surface area contributed by atoms with E-state index in [-0.39, 0.29) is 24.2 Å². The Labute approximate surface area is 242 Å². The number of hydrogen-bond acceptors (Lipinski definition) is 7. The normalized spacial score (nSPS) is 21.6. The zero-order chi connectivity index (χ0) is 29.6. The van der Waals surface area contributed by atoms with Crippen LogP contribution in [-0.4, -0.2) is 56.8 Å². The Morgan fingerprint density at radius 2 is 1.95 bits per heavy atom. The number of nitrogens with one attached hydrogen (secondary N) is 1. The fourth-order valence-electron chi connectivity index (χ4n) is 6.52. The highest BCUT2D eigenvalue weighted by Crippen LogP contribution is 2.43. The first-order valence-electron chi connectivity index (χ1n) is 14.3. The zero-order valence-electron chi connectivity index (χ0n) is 23.9. The maximum atomic E-state index is 14.9.